The lowest BCUT2D eigenvalue weighted by molar-refractivity contribution is 0.116. The average molecular weight is 273 g/mol. The van der Waals surface area contributed by atoms with E-state index in [9.17, 15) is 9.59 Å². The van der Waals surface area contributed by atoms with E-state index in [4.69, 9.17) is 9.47 Å². The Morgan fingerprint density at radius 2 is 1.78 bits per heavy atom. The fourth-order valence-electron chi connectivity index (χ4n) is 0.951. The van der Waals surface area contributed by atoms with Gasteiger partial charge in [-0.15, -0.1) is 11.8 Å². The van der Waals surface area contributed by atoms with Crippen molar-refractivity contribution in [2.24, 2.45) is 0 Å². The Bertz CT molecular complexity index is 450. The number of nitrogens with zero attached hydrogens (tertiary/aromatic N) is 1. The molecule has 0 atom stereocenters. The van der Waals surface area contributed by atoms with Crippen LogP contribution in [0, 0.1) is 0 Å². The topological polar surface area (TPSA) is 84.0 Å². The largest absolute Gasteiger partial charge is 0.514 e. The van der Waals surface area contributed by atoms with E-state index in [1.807, 2.05) is 0 Å². The molecule has 0 saturated heterocycles. The Hall–Kier alpha value is -1.96. The Kier molecular flexibility index (Phi) is 5.25. The van der Waals surface area contributed by atoms with Gasteiger partial charge >= 0.3 is 12.3 Å². The molecule has 1 aromatic heterocycles. The lowest BCUT2D eigenvalue weighted by atomic mass is 10.4. The molecule has 0 bridgehead atoms. The summed E-state index contributed by atoms with van der Waals surface area (Å²) in [5.74, 6) is 0.259. The summed E-state index contributed by atoms with van der Waals surface area (Å²) in [7, 11) is 2.38. The molecule has 0 aliphatic carbocycles. The summed E-state index contributed by atoms with van der Waals surface area (Å²) in [6, 6.07) is 1.49. The summed E-state index contributed by atoms with van der Waals surface area (Å²) in [5.41, 5.74) is 0. The molecule has 0 radical (unpaired) electrons. The predicted molar refractivity (Wildman–Crippen MR) is 62.1 cm³/mol. The monoisotopic (exact) mass is 273 g/mol. The third-order valence-electron chi connectivity index (χ3n) is 1.73. The molecular weight excluding hydrogens is 262 g/mol. The van der Waals surface area contributed by atoms with Gasteiger partial charge in [-0.2, -0.15) is 0 Å². The molecule has 0 saturated carbocycles. The van der Waals surface area contributed by atoms with Gasteiger partial charge in [0.2, 0.25) is 5.88 Å². The number of carbonyl (C=O) groups excluding carboxylic acids is 2. The number of thioether (sulfide) groups is 1. The number of methoxy groups -OCH3 is 2. The molecule has 0 spiro atoms. The number of aromatic nitrogens is 1. The first-order chi connectivity index (χ1) is 8.60. The lowest BCUT2D eigenvalue weighted by Gasteiger charge is -2.08. The number of hydrogen-bond acceptors (Lipinski definition) is 8. The maximum atomic E-state index is 11.0. The van der Waals surface area contributed by atoms with Gasteiger partial charge < -0.3 is 18.9 Å². The highest BCUT2D eigenvalue weighted by atomic mass is 32.2. The van der Waals surface area contributed by atoms with Crippen LogP contribution in [0.15, 0.2) is 17.2 Å². The van der Waals surface area contributed by atoms with Crippen LogP contribution < -0.4 is 9.47 Å². The van der Waals surface area contributed by atoms with Gasteiger partial charge in [0.1, 0.15) is 0 Å². The first kappa shape index (κ1) is 14.1. The molecule has 0 aliphatic heterocycles. The first-order valence-corrected chi connectivity index (χ1v) is 5.88. The molecule has 18 heavy (non-hydrogen) atoms. The molecule has 0 amide bonds. The molecule has 1 rings (SSSR count). The molecule has 0 aliphatic rings. The quantitative estimate of drug-likeness (QED) is 0.611. The van der Waals surface area contributed by atoms with Crippen LogP contribution in [0.25, 0.3) is 0 Å². The first-order valence-electron chi connectivity index (χ1n) is 4.66. The number of carbonyl (C=O) groups is 2. The van der Waals surface area contributed by atoms with E-state index in [0.717, 1.165) is 0 Å². The second-order valence-corrected chi connectivity index (χ2v) is 3.64. The van der Waals surface area contributed by atoms with E-state index in [0.29, 0.717) is 4.90 Å². The van der Waals surface area contributed by atoms with Crippen LogP contribution >= 0.6 is 11.8 Å². The van der Waals surface area contributed by atoms with Crippen molar-refractivity contribution in [2.75, 3.05) is 20.5 Å². The van der Waals surface area contributed by atoms with Crippen LogP contribution in [-0.4, -0.2) is 37.8 Å². The van der Waals surface area contributed by atoms with Gasteiger partial charge in [0.25, 0.3) is 0 Å². The standard InChI is InChI=1S/C10H11NO6S/c1-14-9(12)16-6-4-7(18-3)8(11-5-6)17-10(13)15-2/h4-5H,1-3H3. The molecule has 0 unspecified atom stereocenters. The third kappa shape index (κ3) is 3.81. The van der Waals surface area contributed by atoms with E-state index in [1.54, 1.807) is 6.26 Å². The van der Waals surface area contributed by atoms with Gasteiger partial charge in [-0.25, -0.2) is 14.6 Å². The smallest absolute Gasteiger partial charge is 0.437 e. The van der Waals surface area contributed by atoms with Crippen molar-refractivity contribution in [3.63, 3.8) is 0 Å². The Balaban J connectivity index is 2.89. The van der Waals surface area contributed by atoms with E-state index < -0.39 is 12.3 Å². The van der Waals surface area contributed by atoms with Crippen LogP contribution in [0.1, 0.15) is 0 Å². The normalized spacial score (nSPS) is 9.50. The number of rotatable bonds is 3. The summed E-state index contributed by atoms with van der Waals surface area (Å²) in [5, 5.41) is 0. The molecular formula is C10H11NO6S. The summed E-state index contributed by atoms with van der Waals surface area (Å²) in [6.07, 6.45) is 1.25. The Morgan fingerprint density at radius 1 is 1.17 bits per heavy atom. The van der Waals surface area contributed by atoms with E-state index in [2.05, 4.69) is 14.5 Å². The zero-order valence-corrected chi connectivity index (χ0v) is 10.8. The summed E-state index contributed by atoms with van der Waals surface area (Å²) < 4.78 is 18.3. The van der Waals surface area contributed by atoms with Crippen molar-refractivity contribution in [1.82, 2.24) is 4.98 Å². The van der Waals surface area contributed by atoms with Gasteiger partial charge in [-0.3, -0.25) is 0 Å². The van der Waals surface area contributed by atoms with E-state index in [-0.39, 0.29) is 11.6 Å². The molecule has 8 heteroatoms. The molecule has 0 aromatic carbocycles. The highest BCUT2D eigenvalue weighted by molar-refractivity contribution is 7.98. The SMILES string of the molecule is COC(=O)Oc1cnc(OC(=O)OC)c(SC)c1. The lowest BCUT2D eigenvalue weighted by Crippen LogP contribution is -2.10. The minimum absolute atomic E-state index is 0.0755. The predicted octanol–water partition coefficient (Wildman–Crippen LogP) is 2.09. The maximum Gasteiger partial charge on any atom is 0.514 e. The number of hydrogen-bond donors (Lipinski definition) is 0. The van der Waals surface area contributed by atoms with Crippen molar-refractivity contribution in [1.29, 1.82) is 0 Å². The van der Waals surface area contributed by atoms with Gasteiger partial charge in [0.15, 0.2) is 5.75 Å². The van der Waals surface area contributed by atoms with Crippen LogP contribution in [0.5, 0.6) is 11.6 Å². The molecule has 7 nitrogen and oxygen atoms in total. The van der Waals surface area contributed by atoms with Crippen molar-refractivity contribution in [3.05, 3.63) is 12.3 Å². The average Bonchev–Trinajstić information content (AvgIpc) is 2.39. The van der Waals surface area contributed by atoms with Crippen LogP contribution in [0.2, 0.25) is 0 Å². The highest BCUT2D eigenvalue weighted by Crippen LogP contribution is 2.29. The van der Waals surface area contributed by atoms with Crippen molar-refractivity contribution < 1.29 is 28.5 Å². The zero-order chi connectivity index (χ0) is 13.5. The number of pyridine rings is 1. The molecule has 1 heterocycles. The molecule has 98 valence electrons. The summed E-state index contributed by atoms with van der Waals surface area (Å²) in [4.78, 5) is 26.2. The minimum Gasteiger partial charge on any atom is -0.437 e. The Morgan fingerprint density at radius 3 is 2.33 bits per heavy atom. The van der Waals surface area contributed by atoms with Gasteiger partial charge in [-0.1, -0.05) is 0 Å². The van der Waals surface area contributed by atoms with E-state index >= 15 is 0 Å². The summed E-state index contributed by atoms with van der Waals surface area (Å²) in [6.45, 7) is 0. The van der Waals surface area contributed by atoms with Crippen LogP contribution in [-0.2, 0) is 9.47 Å². The second-order valence-electron chi connectivity index (χ2n) is 2.79. The van der Waals surface area contributed by atoms with Crippen molar-refractivity contribution in [2.45, 2.75) is 4.90 Å². The van der Waals surface area contributed by atoms with Gasteiger partial charge in [0, 0.05) is 6.07 Å². The minimum atomic E-state index is -0.876. The fourth-order valence-corrected chi connectivity index (χ4v) is 1.45. The number of ether oxygens (including phenoxy) is 4. The van der Waals surface area contributed by atoms with Crippen LogP contribution in [0.3, 0.4) is 0 Å². The fraction of sp³-hybridized carbons (Fsp3) is 0.300. The van der Waals surface area contributed by atoms with E-state index in [1.165, 1.54) is 38.2 Å². The highest BCUT2D eigenvalue weighted by Gasteiger charge is 2.13. The zero-order valence-electron chi connectivity index (χ0n) is 9.96. The van der Waals surface area contributed by atoms with Crippen LogP contribution in [0.4, 0.5) is 9.59 Å². The molecule has 0 N–H and O–H groups in total. The van der Waals surface area contributed by atoms with Crippen molar-refractivity contribution >= 4 is 24.1 Å². The third-order valence-corrected chi connectivity index (χ3v) is 2.46. The molecule has 1 aromatic rings. The van der Waals surface area contributed by atoms with Crippen molar-refractivity contribution in [3.8, 4) is 11.6 Å². The van der Waals surface area contributed by atoms with Gasteiger partial charge in [-0.05, 0) is 6.26 Å². The second kappa shape index (κ2) is 6.70. The summed E-state index contributed by atoms with van der Waals surface area (Å²) >= 11 is 1.27. The maximum absolute atomic E-state index is 11.0. The Labute approximate surface area is 107 Å². The van der Waals surface area contributed by atoms with Gasteiger partial charge in [0.05, 0.1) is 25.3 Å². The molecule has 0 fully saturated rings.